The molecule has 1 aliphatic rings. The van der Waals surface area contributed by atoms with E-state index in [1.165, 1.54) is 11.1 Å². The van der Waals surface area contributed by atoms with Gasteiger partial charge in [0.25, 0.3) is 0 Å². The third-order valence-electron chi connectivity index (χ3n) is 4.31. The van der Waals surface area contributed by atoms with Crippen molar-refractivity contribution in [2.24, 2.45) is 0 Å². The van der Waals surface area contributed by atoms with Crippen molar-refractivity contribution in [2.75, 3.05) is 37.4 Å². The molecule has 120 valence electrons. The molecule has 1 amide bonds. The summed E-state index contributed by atoms with van der Waals surface area (Å²) in [5.74, 6) is 0.149. The molecule has 4 nitrogen and oxygen atoms in total. The molecule has 0 aromatic heterocycles. The number of hydrogen-bond acceptors (Lipinski definition) is 3. The van der Waals surface area contributed by atoms with Gasteiger partial charge in [-0.25, -0.2) is 0 Å². The smallest absolute Gasteiger partial charge is 0.242 e. The number of carbonyl (C=O) groups is 1. The Hall–Kier alpha value is -2.49. The van der Waals surface area contributed by atoms with Gasteiger partial charge in [-0.2, -0.15) is 0 Å². The number of fused-ring (bicyclic) bond motifs is 1. The third-order valence-corrected chi connectivity index (χ3v) is 4.31. The van der Waals surface area contributed by atoms with E-state index in [1.807, 2.05) is 49.3 Å². The van der Waals surface area contributed by atoms with E-state index in [0.717, 1.165) is 30.9 Å². The van der Waals surface area contributed by atoms with Crippen LogP contribution in [0.5, 0.6) is 0 Å². The number of carbonyl (C=O) groups excluding carboxylic acids is 1. The Labute approximate surface area is 137 Å². The van der Waals surface area contributed by atoms with Gasteiger partial charge in [-0.3, -0.25) is 4.79 Å². The van der Waals surface area contributed by atoms with Gasteiger partial charge in [-0.05, 0) is 41.8 Å². The summed E-state index contributed by atoms with van der Waals surface area (Å²) in [6.45, 7) is 1.86. The van der Waals surface area contributed by atoms with Crippen molar-refractivity contribution in [3.05, 3.63) is 59.7 Å². The Morgan fingerprint density at radius 2 is 1.78 bits per heavy atom. The Bertz CT molecular complexity index is 679. The van der Waals surface area contributed by atoms with Crippen molar-refractivity contribution in [1.29, 1.82) is 0 Å². The van der Waals surface area contributed by atoms with Crippen molar-refractivity contribution in [3.63, 3.8) is 0 Å². The molecule has 0 saturated carbocycles. The normalized spacial score (nSPS) is 13.4. The lowest BCUT2D eigenvalue weighted by Crippen LogP contribution is -2.39. The van der Waals surface area contributed by atoms with E-state index in [4.69, 9.17) is 0 Å². The summed E-state index contributed by atoms with van der Waals surface area (Å²) < 4.78 is 0. The highest BCUT2D eigenvalue weighted by molar-refractivity contribution is 5.81. The minimum absolute atomic E-state index is 0.149. The van der Waals surface area contributed by atoms with Crippen molar-refractivity contribution in [3.8, 4) is 0 Å². The van der Waals surface area contributed by atoms with Crippen molar-refractivity contribution in [1.82, 2.24) is 4.90 Å². The highest BCUT2D eigenvalue weighted by atomic mass is 16.2. The molecule has 0 aliphatic carbocycles. The van der Waals surface area contributed by atoms with E-state index in [1.54, 1.807) is 0 Å². The molecule has 2 aromatic rings. The first-order valence-electron chi connectivity index (χ1n) is 7.99. The molecule has 2 aromatic carbocycles. The molecule has 4 heteroatoms. The molecule has 1 N–H and O–H groups in total. The second-order valence-electron chi connectivity index (χ2n) is 6.13. The Kier molecular flexibility index (Phi) is 4.51. The van der Waals surface area contributed by atoms with Crippen LogP contribution >= 0.6 is 0 Å². The molecule has 0 saturated heterocycles. The fourth-order valence-corrected chi connectivity index (χ4v) is 2.88. The fourth-order valence-electron chi connectivity index (χ4n) is 2.88. The number of nitrogens with one attached hydrogen (secondary N) is 1. The highest BCUT2D eigenvalue weighted by Gasteiger charge is 2.19. The van der Waals surface area contributed by atoms with Crippen LogP contribution in [-0.4, -0.2) is 38.0 Å². The average Bonchev–Trinajstić information content (AvgIpc) is 2.59. The van der Waals surface area contributed by atoms with Gasteiger partial charge >= 0.3 is 0 Å². The van der Waals surface area contributed by atoms with Gasteiger partial charge in [0.05, 0.1) is 6.54 Å². The number of amides is 1. The molecule has 0 bridgehead atoms. The summed E-state index contributed by atoms with van der Waals surface area (Å²) in [5, 5.41) is 3.22. The second kappa shape index (κ2) is 6.73. The van der Waals surface area contributed by atoms with Gasteiger partial charge in [0.1, 0.15) is 0 Å². The van der Waals surface area contributed by atoms with Crippen LogP contribution in [0.1, 0.15) is 11.1 Å². The lowest BCUT2D eigenvalue weighted by Gasteiger charge is -2.29. The summed E-state index contributed by atoms with van der Waals surface area (Å²) >= 11 is 0. The topological polar surface area (TPSA) is 35.6 Å². The zero-order valence-electron chi connectivity index (χ0n) is 13.7. The summed E-state index contributed by atoms with van der Waals surface area (Å²) in [6.07, 6.45) is 0.944. The van der Waals surface area contributed by atoms with Crippen LogP contribution < -0.4 is 10.2 Å². The van der Waals surface area contributed by atoms with Crippen LogP contribution in [0.15, 0.2) is 48.5 Å². The molecular formula is C19H23N3O. The Morgan fingerprint density at radius 1 is 1.09 bits per heavy atom. The van der Waals surface area contributed by atoms with Gasteiger partial charge in [0.15, 0.2) is 0 Å². The number of nitrogens with zero attached hydrogens (tertiary/aromatic N) is 2. The number of rotatable bonds is 4. The van der Waals surface area contributed by atoms with E-state index in [2.05, 4.69) is 28.4 Å². The molecule has 23 heavy (non-hydrogen) atoms. The van der Waals surface area contributed by atoms with Crippen LogP contribution in [0.2, 0.25) is 0 Å². The number of benzene rings is 2. The largest absolute Gasteiger partial charge is 0.378 e. The lowest BCUT2D eigenvalue weighted by atomic mass is 10.00. The third kappa shape index (κ3) is 3.65. The summed E-state index contributed by atoms with van der Waals surface area (Å²) in [6, 6.07) is 16.5. The van der Waals surface area contributed by atoms with E-state index in [0.29, 0.717) is 6.54 Å². The molecule has 0 radical (unpaired) electrons. The van der Waals surface area contributed by atoms with E-state index in [-0.39, 0.29) is 5.91 Å². The van der Waals surface area contributed by atoms with Gasteiger partial charge in [-0.1, -0.05) is 24.3 Å². The van der Waals surface area contributed by atoms with E-state index < -0.39 is 0 Å². The van der Waals surface area contributed by atoms with Gasteiger partial charge < -0.3 is 15.1 Å². The maximum absolute atomic E-state index is 12.4. The Morgan fingerprint density at radius 3 is 2.48 bits per heavy atom. The minimum Gasteiger partial charge on any atom is -0.378 e. The SMILES string of the molecule is CN(C)c1ccc(NCC(=O)N2CCc3ccccc3C2)cc1. The molecule has 0 unspecified atom stereocenters. The standard InChI is InChI=1S/C19H23N3O/c1-21(2)18-9-7-17(8-10-18)20-13-19(23)22-12-11-15-5-3-4-6-16(15)14-22/h3-10,20H,11-14H2,1-2H3. The van der Waals surface area contributed by atoms with Crippen LogP contribution in [0.25, 0.3) is 0 Å². The zero-order chi connectivity index (χ0) is 16.2. The average molecular weight is 309 g/mol. The first-order valence-corrected chi connectivity index (χ1v) is 7.99. The first kappa shape index (κ1) is 15.4. The zero-order valence-corrected chi connectivity index (χ0v) is 13.7. The first-order chi connectivity index (χ1) is 11.1. The fraction of sp³-hybridized carbons (Fsp3) is 0.316. The van der Waals surface area contributed by atoms with Crippen LogP contribution in [-0.2, 0) is 17.8 Å². The van der Waals surface area contributed by atoms with E-state index in [9.17, 15) is 4.79 Å². The molecular weight excluding hydrogens is 286 g/mol. The van der Waals surface area contributed by atoms with Crippen LogP contribution in [0, 0.1) is 0 Å². The summed E-state index contributed by atoms with van der Waals surface area (Å²) in [5.41, 5.74) is 4.75. The monoisotopic (exact) mass is 309 g/mol. The second-order valence-corrected chi connectivity index (χ2v) is 6.13. The van der Waals surface area contributed by atoms with Crippen LogP contribution in [0.4, 0.5) is 11.4 Å². The van der Waals surface area contributed by atoms with Crippen LogP contribution in [0.3, 0.4) is 0 Å². The Balaban J connectivity index is 1.56. The van der Waals surface area contributed by atoms with Gasteiger partial charge in [-0.15, -0.1) is 0 Å². The van der Waals surface area contributed by atoms with Gasteiger partial charge in [0, 0.05) is 38.6 Å². The molecule has 1 heterocycles. The maximum Gasteiger partial charge on any atom is 0.242 e. The molecule has 3 rings (SSSR count). The van der Waals surface area contributed by atoms with Crippen molar-refractivity contribution in [2.45, 2.75) is 13.0 Å². The van der Waals surface area contributed by atoms with Gasteiger partial charge in [0.2, 0.25) is 5.91 Å². The number of hydrogen-bond donors (Lipinski definition) is 1. The lowest BCUT2D eigenvalue weighted by molar-refractivity contribution is -0.130. The predicted octanol–water partition coefficient (Wildman–Crippen LogP) is 2.75. The molecule has 0 atom stereocenters. The minimum atomic E-state index is 0.149. The highest BCUT2D eigenvalue weighted by Crippen LogP contribution is 2.19. The molecule has 0 fully saturated rings. The quantitative estimate of drug-likeness (QED) is 0.943. The molecule has 0 spiro atoms. The summed E-state index contributed by atoms with van der Waals surface area (Å²) in [7, 11) is 4.03. The van der Waals surface area contributed by atoms with E-state index >= 15 is 0 Å². The van der Waals surface area contributed by atoms with Crippen molar-refractivity contribution < 1.29 is 4.79 Å². The molecule has 1 aliphatic heterocycles. The predicted molar refractivity (Wildman–Crippen MR) is 94.8 cm³/mol. The summed E-state index contributed by atoms with van der Waals surface area (Å²) in [4.78, 5) is 16.4. The maximum atomic E-state index is 12.4. The van der Waals surface area contributed by atoms with Crippen molar-refractivity contribution >= 4 is 17.3 Å². The number of anilines is 2.